The third-order valence-electron chi connectivity index (χ3n) is 4.10. The van der Waals surface area contributed by atoms with Gasteiger partial charge in [-0.05, 0) is 44.6 Å². The van der Waals surface area contributed by atoms with E-state index in [0.717, 1.165) is 25.7 Å². The average molecular weight is 262 g/mol. The number of ether oxygens (including phenoxy) is 1. The summed E-state index contributed by atoms with van der Waals surface area (Å²) < 4.78 is 7.67. The molecule has 2 fully saturated rings. The second kappa shape index (κ2) is 5.27. The van der Waals surface area contributed by atoms with Gasteiger partial charge in [-0.2, -0.15) is 0 Å². The SMILES string of the molecule is Nc1cc(C(=O)OC2CCCCCC2)n(C2CC2)c1. The highest BCUT2D eigenvalue weighted by atomic mass is 16.5. The number of esters is 1. The summed E-state index contributed by atoms with van der Waals surface area (Å²) in [5.41, 5.74) is 7.09. The Morgan fingerprint density at radius 2 is 1.84 bits per heavy atom. The van der Waals surface area contributed by atoms with Crippen molar-refractivity contribution < 1.29 is 9.53 Å². The van der Waals surface area contributed by atoms with Crippen molar-refractivity contribution in [3.05, 3.63) is 18.0 Å². The lowest BCUT2D eigenvalue weighted by molar-refractivity contribution is 0.0255. The van der Waals surface area contributed by atoms with Crippen LogP contribution in [0.2, 0.25) is 0 Å². The van der Waals surface area contributed by atoms with Gasteiger partial charge in [-0.3, -0.25) is 0 Å². The molecule has 2 aliphatic rings. The van der Waals surface area contributed by atoms with Crippen molar-refractivity contribution in [2.75, 3.05) is 5.73 Å². The van der Waals surface area contributed by atoms with E-state index in [1.807, 2.05) is 10.8 Å². The van der Waals surface area contributed by atoms with Crippen molar-refractivity contribution in [2.24, 2.45) is 0 Å². The molecule has 0 atom stereocenters. The van der Waals surface area contributed by atoms with Crippen molar-refractivity contribution >= 4 is 11.7 Å². The molecule has 2 N–H and O–H groups in total. The van der Waals surface area contributed by atoms with Crippen molar-refractivity contribution in [1.82, 2.24) is 4.57 Å². The lowest BCUT2D eigenvalue weighted by Crippen LogP contribution is -2.19. The molecule has 1 heterocycles. The third-order valence-corrected chi connectivity index (χ3v) is 4.10. The van der Waals surface area contributed by atoms with E-state index in [1.54, 1.807) is 6.07 Å². The molecule has 0 bridgehead atoms. The number of hydrogen-bond donors (Lipinski definition) is 1. The van der Waals surface area contributed by atoms with Crippen LogP contribution in [0.3, 0.4) is 0 Å². The standard InChI is InChI=1S/C15H22N2O2/c16-11-9-14(17(10-11)12-7-8-12)15(18)19-13-5-3-1-2-4-6-13/h9-10,12-13H,1-8,16H2. The molecule has 0 radical (unpaired) electrons. The highest BCUT2D eigenvalue weighted by Gasteiger charge is 2.29. The highest BCUT2D eigenvalue weighted by Crippen LogP contribution is 2.37. The monoisotopic (exact) mass is 262 g/mol. The van der Waals surface area contributed by atoms with Crippen LogP contribution >= 0.6 is 0 Å². The normalized spacial score (nSPS) is 21.1. The summed E-state index contributed by atoms with van der Waals surface area (Å²) in [6.45, 7) is 0. The predicted octanol–water partition coefficient (Wildman–Crippen LogP) is 3.28. The number of nitrogen functional groups attached to an aromatic ring is 1. The fourth-order valence-corrected chi connectivity index (χ4v) is 2.89. The molecule has 0 saturated heterocycles. The Hall–Kier alpha value is -1.45. The Labute approximate surface area is 113 Å². The van der Waals surface area contributed by atoms with Crippen LogP contribution in [0.4, 0.5) is 5.69 Å². The number of anilines is 1. The van der Waals surface area contributed by atoms with Crippen LogP contribution in [-0.4, -0.2) is 16.6 Å². The molecule has 19 heavy (non-hydrogen) atoms. The maximum atomic E-state index is 12.3. The smallest absolute Gasteiger partial charge is 0.355 e. The summed E-state index contributed by atoms with van der Waals surface area (Å²) in [6.07, 6.45) is 11.1. The van der Waals surface area contributed by atoms with E-state index in [1.165, 1.54) is 25.7 Å². The molecule has 0 amide bonds. The number of rotatable bonds is 3. The topological polar surface area (TPSA) is 57.3 Å². The lowest BCUT2D eigenvalue weighted by Gasteiger charge is -2.16. The first-order chi connectivity index (χ1) is 9.24. The maximum absolute atomic E-state index is 12.3. The molecule has 2 saturated carbocycles. The van der Waals surface area contributed by atoms with Gasteiger partial charge in [0, 0.05) is 12.2 Å². The maximum Gasteiger partial charge on any atom is 0.355 e. The predicted molar refractivity (Wildman–Crippen MR) is 74.0 cm³/mol. The van der Waals surface area contributed by atoms with Crippen molar-refractivity contribution in [3.63, 3.8) is 0 Å². The lowest BCUT2D eigenvalue weighted by atomic mass is 10.1. The molecule has 4 nitrogen and oxygen atoms in total. The van der Waals surface area contributed by atoms with E-state index in [9.17, 15) is 4.79 Å². The molecular weight excluding hydrogens is 240 g/mol. The Kier molecular flexibility index (Phi) is 3.49. The minimum absolute atomic E-state index is 0.0961. The Bertz CT molecular complexity index is 455. The fraction of sp³-hybridized carbons (Fsp3) is 0.667. The number of nitrogens with two attached hydrogens (primary N) is 1. The van der Waals surface area contributed by atoms with Gasteiger partial charge in [-0.25, -0.2) is 4.79 Å². The first-order valence-electron chi connectivity index (χ1n) is 7.42. The Morgan fingerprint density at radius 3 is 2.47 bits per heavy atom. The van der Waals surface area contributed by atoms with Crippen LogP contribution in [0.15, 0.2) is 12.3 Å². The van der Waals surface area contributed by atoms with Crippen molar-refractivity contribution in [3.8, 4) is 0 Å². The molecule has 2 aliphatic carbocycles. The van der Waals surface area contributed by atoms with Gasteiger partial charge in [0.25, 0.3) is 0 Å². The number of aromatic nitrogens is 1. The molecule has 0 spiro atoms. The first-order valence-corrected chi connectivity index (χ1v) is 7.42. The zero-order valence-electron chi connectivity index (χ0n) is 11.3. The second-order valence-corrected chi connectivity index (χ2v) is 5.82. The summed E-state index contributed by atoms with van der Waals surface area (Å²) in [7, 11) is 0. The fourth-order valence-electron chi connectivity index (χ4n) is 2.89. The molecule has 1 aromatic rings. The molecule has 0 aromatic carbocycles. The average Bonchev–Trinajstić information content (AvgIpc) is 3.17. The number of hydrogen-bond acceptors (Lipinski definition) is 3. The summed E-state index contributed by atoms with van der Waals surface area (Å²) in [5.74, 6) is -0.199. The Balaban J connectivity index is 1.69. The van der Waals surface area contributed by atoms with Crippen LogP contribution in [0.5, 0.6) is 0 Å². The summed E-state index contributed by atoms with van der Waals surface area (Å²) in [6, 6.07) is 2.20. The zero-order chi connectivity index (χ0) is 13.2. The van der Waals surface area contributed by atoms with Crippen LogP contribution < -0.4 is 5.73 Å². The number of carbonyl (C=O) groups is 1. The highest BCUT2D eigenvalue weighted by molar-refractivity contribution is 5.89. The minimum atomic E-state index is -0.199. The van der Waals surface area contributed by atoms with E-state index in [0.29, 0.717) is 17.4 Å². The molecule has 3 rings (SSSR count). The minimum Gasteiger partial charge on any atom is -0.458 e. The van der Waals surface area contributed by atoms with Crippen LogP contribution in [-0.2, 0) is 4.74 Å². The molecule has 0 aliphatic heterocycles. The van der Waals surface area contributed by atoms with Crippen molar-refractivity contribution in [2.45, 2.75) is 63.5 Å². The first kappa shape index (κ1) is 12.6. The van der Waals surface area contributed by atoms with Crippen LogP contribution in [0.1, 0.15) is 67.9 Å². The van der Waals surface area contributed by atoms with Crippen LogP contribution in [0.25, 0.3) is 0 Å². The number of nitrogens with zero attached hydrogens (tertiary/aromatic N) is 1. The Morgan fingerprint density at radius 1 is 1.16 bits per heavy atom. The van der Waals surface area contributed by atoms with Gasteiger partial charge in [-0.1, -0.05) is 12.8 Å². The van der Waals surface area contributed by atoms with E-state index < -0.39 is 0 Å². The summed E-state index contributed by atoms with van der Waals surface area (Å²) >= 11 is 0. The molecular formula is C15H22N2O2. The van der Waals surface area contributed by atoms with Gasteiger partial charge in [0.15, 0.2) is 0 Å². The van der Waals surface area contributed by atoms with E-state index in [2.05, 4.69) is 0 Å². The van der Waals surface area contributed by atoms with Gasteiger partial charge >= 0.3 is 5.97 Å². The summed E-state index contributed by atoms with van der Waals surface area (Å²) in [5, 5.41) is 0. The van der Waals surface area contributed by atoms with Gasteiger partial charge in [0.2, 0.25) is 0 Å². The molecule has 104 valence electrons. The van der Waals surface area contributed by atoms with Crippen molar-refractivity contribution in [1.29, 1.82) is 0 Å². The quantitative estimate of drug-likeness (QED) is 0.671. The van der Waals surface area contributed by atoms with E-state index >= 15 is 0 Å². The second-order valence-electron chi connectivity index (χ2n) is 5.82. The van der Waals surface area contributed by atoms with E-state index in [4.69, 9.17) is 10.5 Å². The van der Waals surface area contributed by atoms with Gasteiger partial charge in [0.05, 0.1) is 5.69 Å². The molecule has 4 heteroatoms. The van der Waals surface area contributed by atoms with Gasteiger partial charge in [0.1, 0.15) is 11.8 Å². The molecule has 1 aromatic heterocycles. The third kappa shape index (κ3) is 2.94. The number of carbonyl (C=O) groups excluding carboxylic acids is 1. The van der Waals surface area contributed by atoms with Crippen LogP contribution in [0, 0.1) is 0 Å². The zero-order valence-corrected chi connectivity index (χ0v) is 11.3. The van der Waals surface area contributed by atoms with Gasteiger partial charge in [-0.15, -0.1) is 0 Å². The van der Waals surface area contributed by atoms with Gasteiger partial charge < -0.3 is 15.0 Å². The summed E-state index contributed by atoms with van der Waals surface area (Å²) in [4.78, 5) is 12.3. The van der Waals surface area contributed by atoms with E-state index in [-0.39, 0.29) is 12.1 Å². The largest absolute Gasteiger partial charge is 0.458 e. The molecule has 0 unspecified atom stereocenters.